The first-order valence-electron chi connectivity index (χ1n) is 5.82. The average Bonchev–Trinajstić information content (AvgIpc) is 2.85. The van der Waals surface area contributed by atoms with E-state index in [0.717, 1.165) is 0 Å². The van der Waals surface area contributed by atoms with Gasteiger partial charge in [-0.25, -0.2) is 0 Å². The Morgan fingerprint density at radius 1 is 1.00 bits per heavy atom. The van der Waals surface area contributed by atoms with E-state index in [2.05, 4.69) is 65.0 Å². The Morgan fingerprint density at radius 2 is 1.88 bits per heavy atom. The first-order valence-corrected chi connectivity index (χ1v) is 5.82. The van der Waals surface area contributed by atoms with Crippen LogP contribution in [0.5, 0.6) is 0 Å². The number of nitrogens with one attached hydrogen (secondary N) is 1. The summed E-state index contributed by atoms with van der Waals surface area (Å²) in [5.74, 6) is 0. The molecule has 0 aliphatic carbocycles. The van der Waals surface area contributed by atoms with Crippen LogP contribution in [0.25, 0.3) is 27.5 Å². The number of H-pyrrole nitrogens is 1. The fraction of sp³-hybridized carbons (Fsp3) is 0.0667. The van der Waals surface area contributed by atoms with Crippen molar-refractivity contribution < 1.29 is 0 Å². The minimum atomic E-state index is 1.19. The van der Waals surface area contributed by atoms with Gasteiger partial charge in [0.05, 0.1) is 11.0 Å². The van der Waals surface area contributed by atoms with E-state index in [1.807, 2.05) is 0 Å². The van der Waals surface area contributed by atoms with Gasteiger partial charge in [-0.2, -0.15) is 0 Å². The number of fused-ring (bicyclic) bond motifs is 5. The molecule has 2 heterocycles. The molecule has 4 aromatic rings. The minimum absolute atomic E-state index is 1.19. The Hall–Kier alpha value is -2.22. The summed E-state index contributed by atoms with van der Waals surface area (Å²) in [7, 11) is 0. The molecule has 0 saturated carbocycles. The van der Waals surface area contributed by atoms with Crippen LogP contribution in [0.1, 0.15) is 5.56 Å². The van der Waals surface area contributed by atoms with E-state index < -0.39 is 0 Å². The molecule has 0 bridgehead atoms. The predicted octanol–water partition coefficient (Wildman–Crippen LogP) is 3.88. The molecule has 82 valence electrons. The molecular formula is C15H12N2. The summed E-state index contributed by atoms with van der Waals surface area (Å²) in [5.41, 5.74) is 4.96. The number of rotatable bonds is 0. The highest BCUT2D eigenvalue weighted by Gasteiger charge is 2.09. The van der Waals surface area contributed by atoms with Crippen LogP contribution in [0.4, 0.5) is 0 Å². The quantitative estimate of drug-likeness (QED) is 0.464. The van der Waals surface area contributed by atoms with Gasteiger partial charge in [0.2, 0.25) is 0 Å². The third kappa shape index (κ3) is 1.04. The highest BCUT2D eigenvalue weighted by molar-refractivity contribution is 6.00. The fourth-order valence-electron chi connectivity index (χ4n) is 2.67. The summed E-state index contributed by atoms with van der Waals surface area (Å²) in [6.45, 7) is 2.15. The zero-order chi connectivity index (χ0) is 11.4. The first kappa shape index (κ1) is 8.88. The van der Waals surface area contributed by atoms with Gasteiger partial charge >= 0.3 is 0 Å². The van der Waals surface area contributed by atoms with Crippen molar-refractivity contribution >= 4 is 27.5 Å². The third-order valence-corrected chi connectivity index (χ3v) is 3.46. The lowest BCUT2D eigenvalue weighted by molar-refractivity contribution is 1.27. The third-order valence-electron chi connectivity index (χ3n) is 3.46. The Labute approximate surface area is 98.5 Å². The fourth-order valence-corrected chi connectivity index (χ4v) is 2.67. The molecule has 0 atom stereocenters. The van der Waals surface area contributed by atoms with E-state index in [-0.39, 0.29) is 0 Å². The van der Waals surface area contributed by atoms with Crippen LogP contribution in [0.15, 0.2) is 48.7 Å². The average molecular weight is 220 g/mol. The predicted molar refractivity (Wildman–Crippen MR) is 71.5 cm³/mol. The molecule has 0 aliphatic heterocycles. The largest absolute Gasteiger partial charge is 0.339 e. The molecule has 0 unspecified atom stereocenters. The van der Waals surface area contributed by atoms with Crippen molar-refractivity contribution in [2.75, 3.05) is 0 Å². The molecule has 1 N–H and O–H groups in total. The van der Waals surface area contributed by atoms with Gasteiger partial charge in [-0.05, 0) is 18.6 Å². The van der Waals surface area contributed by atoms with Gasteiger partial charge < -0.3 is 4.98 Å². The molecule has 2 aromatic heterocycles. The van der Waals surface area contributed by atoms with Crippen molar-refractivity contribution in [2.45, 2.75) is 6.92 Å². The first-order chi connectivity index (χ1) is 8.34. The number of aromatic nitrogens is 2. The van der Waals surface area contributed by atoms with Gasteiger partial charge in [0.15, 0.2) is 0 Å². The number of hydrogen-bond acceptors (Lipinski definition) is 0. The van der Waals surface area contributed by atoms with Gasteiger partial charge in [-0.1, -0.05) is 36.4 Å². The monoisotopic (exact) mass is 220 g/mol. The highest BCUT2D eigenvalue weighted by atomic mass is 15.0. The number of para-hydroxylation sites is 1. The van der Waals surface area contributed by atoms with Crippen LogP contribution in [0.3, 0.4) is 0 Å². The zero-order valence-electron chi connectivity index (χ0n) is 9.57. The lowest BCUT2D eigenvalue weighted by Crippen LogP contribution is -1.80. The van der Waals surface area contributed by atoms with Crippen molar-refractivity contribution in [1.29, 1.82) is 0 Å². The smallest absolute Gasteiger partial charge is 0.123 e. The Balaban J connectivity index is 2.35. The standard InChI is InChI=1S/C15H12N2/c1-10-5-4-8-13-14(10)17-9-11-6-2-3-7-12(11)15(17)16-13/h2-9,16H,1H3. The molecular weight excluding hydrogens is 208 g/mol. The lowest BCUT2D eigenvalue weighted by Gasteiger charge is -1.95. The molecule has 2 heteroatoms. The maximum Gasteiger partial charge on any atom is 0.123 e. The molecule has 0 radical (unpaired) electrons. The minimum Gasteiger partial charge on any atom is -0.339 e. The van der Waals surface area contributed by atoms with Crippen LogP contribution in [-0.4, -0.2) is 9.38 Å². The van der Waals surface area contributed by atoms with Crippen molar-refractivity contribution in [3.8, 4) is 0 Å². The molecule has 0 aliphatic rings. The van der Waals surface area contributed by atoms with Crippen LogP contribution in [0, 0.1) is 6.92 Å². The van der Waals surface area contributed by atoms with Gasteiger partial charge in [-0.15, -0.1) is 0 Å². The highest BCUT2D eigenvalue weighted by Crippen LogP contribution is 2.27. The van der Waals surface area contributed by atoms with E-state index in [9.17, 15) is 0 Å². The summed E-state index contributed by atoms with van der Waals surface area (Å²) >= 11 is 0. The summed E-state index contributed by atoms with van der Waals surface area (Å²) < 4.78 is 2.26. The Kier molecular flexibility index (Phi) is 1.52. The van der Waals surface area contributed by atoms with Crippen LogP contribution < -0.4 is 0 Å². The van der Waals surface area contributed by atoms with Gasteiger partial charge in [0.1, 0.15) is 5.65 Å². The van der Waals surface area contributed by atoms with Crippen LogP contribution >= 0.6 is 0 Å². The van der Waals surface area contributed by atoms with Crippen molar-refractivity contribution in [2.24, 2.45) is 0 Å². The summed E-state index contributed by atoms with van der Waals surface area (Å²) in [4.78, 5) is 3.50. The van der Waals surface area contributed by atoms with Crippen LogP contribution in [-0.2, 0) is 0 Å². The maximum absolute atomic E-state index is 3.50. The second kappa shape index (κ2) is 2.92. The zero-order valence-corrected chi connectivity index (χ0v) is 9.57. The van der Waals surface area contributed by atoms with Crippen LogP contribution in [0.2, 0.25) is 0 Å². The number of benzene rings is 2. The molecule has 2 nitrogen and oxygen atoms in total. The number of nitrogens with zero attached hydrogens (tertiary/aromatic N) is 1. The second-order valence-corrected chi connectivity index (χ2v) is 4.53. The van der Waals surface area contributed by atoms with E-state index >= 15 is 0 Å². The van der Waals surface area contributed by atoms with Gasteiger partial charge in [0, 0.05) is 17.0 Å². The van der Waals surface area contributed by atoms with E-state index in [1.54, 1.807) is 0 Å². The molecule has 0 amide bonds. The number of aromatic amines is 1. The number of aryl methyl sites for hydroxylation is 1. The van der Waals surface area contributed by atoms with E-state index in [0.29, 0.717) is 0 Å². The number of imidazole rings is 1. The molecule has 2 aromatic carbocycles. The Morgan fingerprint density at radius 3 is 2.82 bits per heavy atom. The normalized spacial score (nSPS) is 11.8. The summed E-state index contributed by atoms with van der Waals surface area (Å²) in [6.07, 6.45) is 2.20. The molecule has 0 fully saturated rings. The molecule has 0 saturated heterocycles. The molecule has 0 spiro atoms. The van der Waals surface area contributed by atoms with Crippen molar-refractivity contribution in [3.05, 3.63) is 54.2 Å². The Bertz CT molecular complexity index is 849. The topological polar surface area (TPSA) is 20.2 Å². The maximum atomic E-state index is 3.50. The van der Waals surface area contributed by atoms with Crippen molar-refractivity contribution in [1.82, 2.24) is 9.38 Å². The number of hydrogen-bond donors (Lipinski definition) is 1. The van der Waals surface area contributed by atoms with Gasteiger partial charge in [0.25, 0.3) is 0 Å². The van der Waals surface area contributed by atoms with Crippen molar-refractivity contribution in [3.63, 3.8) is 0 Å². The SMILES string of the molecule is Cc1cccc2[nH]c3c4ccccc4cn3c12. The lowest BCUT2D eigenvalue weighted by atomic mass is 10.2. The van der Waals surface area contributed by atoms with E-state index in [4.69, 9.17) is 0 Å². The second-order valence-electron chi connectivity index (χ2n) is 4.53. The summed E-state index contributed by atoms with van der Waals surface area (Å²) in [6, 6.07) is 14.9. The van der Waals surface area contributed by atoms with E-state index in [1.165, 1.54) is 33.0 Å². The molecule has 17 heavy (non-hydrogen) atoms. The summed E-state index contributed by atoms with van der Waals surface area (Å²) in [5, 5.41) is 2.56. The van der Waals surface area contributed by atoms with Gasteiger partial charge in [-0.3, -0.25) is 4.40 Å². The molecule has 4 rings (SSSR count).